The minimum atomic E-state index is -0.189. The fraction of sp³-hybridized carbons (Fsp3) is 0.562. The molecule has 1 fully saturated rings. The highest BCUT2D eigenvalue weighted by molar-refractivity contribution is 5.73. The Balaban J connectivity index is 1.67. The molecule has 0 heterocycles. The second-order valence-corrected chi connectivity index (χ2v) is 5.74. The van der Waals surface area contributed by atoms with Crippen molar-refractivity contribution in [1.29, 1.82) is 0 Å². The summed E-state index contributed by atoms with van der Waals surface area (Å²) in [5.41, 5.74) is 2.30. The number of aliphatic hydroxyl groups excluding tert-OH is 1. The molecule has 3 N–H and O–H groups in total. The van der Waals surface area contributed by atoms with Gasteiger partial charge in [0.2, 0.25) is 0 Å². The second kappa shape index (κ2) is 7.29. The predicted molar refractivity (Wildman–Crippen MR) is 79.4 cm³/mol. The first-order valence-corrected chi connectivity index (χ1v) is 7.39. The van der Waals surface area contributed by atoms with Gasteiger partial charge < -0.3 is 15.7 Å². The first kappa shape index (κ1) is 14.9. The van der Waals surface area contributed by atoms with Crippen LogP contribution in [0, 0.1) is 12.8 Å². The van der Waals surface area contributed by atoms with Crippen LogP contribution in [-0.4, -0.2) is 23.8 Å². The molecule has 20 heavy (non-hydrogen) atoms. The standard InChI is InChI=1S/C16H24N2O2/c1-12-4-2-5-13(8-12)10-17-16(20)18-11-14-6-3-7-15(19)9-14/h2,4-5,8,14-15,19H,3,6-7,9-11H2,1H3,(H2,17,18,20). The third-order valence-corrected chi connectivity index (χ3v) is 3.84. The number of nitrogens with one attached hydrogen (secondary N) is 2. The number of hydrogen-bond acceptors (Lipinski definition) is 2. The fourth-order valence-electron chi connectivity index (χ4n) is 2.75. The lowest BCUT2D eigenvalue weighted by atomic mass is 9.87. The maximum absolute atomic E-state index is 11.7. The van der Waals surface area contributed by atoms with Gasteiger partial charge in [0.1, 0.15) is 0 Å². The van der Waals surface area contributed by atoms with Crippen molar-refractivity contribution in [3.05, 3.63) is 35.4 Å². The van der Waals surface area contributed by atoms with E-state index >= 15 is 0 Å². The molecule has 0 saturated heterocycles. The molecule has 4 heteroatoms. The quantitative estimate of drug-likeness (QED) is 0.790. The number of rotatable bonds is 4. The molecule has 1 aromatic rings. The van der Waals surface area contributed by atoms with E-state index in [1.807, 2.05) is 25.1 Å². The molecule has 1 saturated carbocycles. The van der Waals surface area contributed by atoms with Gasteiger partial charge in [-0.05, 0) is 37.7 Å². The van der Waals surface area contributed by atoms with Crippen LogP contribution < -0.4 is 10.6 Å². The van der Waals surface area contributed by atoms with E-state index < -0.39 is 0 Å². The third-order valence-electron chi connectivity index (χ3n) is 3.84. The summed E-state index contributed by atoms with van der Waals surface area (Å²) in [7, 11) is 0. The topological polar surface area (TPSA) is 61.4 Å². The molecule has 2 atom stereocenters. The van der Waals surface area contributed by atoms with Crippen molar-refractivity contribution in [3.8, 4) is 0 Å². The van der Waals surface area contributed by atoms with Crippen LogP contribution in [0.5, 0.6) is 0 Å². The zero-order valence-corrected chi connectivity index (χ0v) is 12.1. The molecule has 0 spiro atoms. The lowest BCUT2D eigenvalue weighted by Crippen LogP contribution is -2.39. The SMILES string of the molecule is Cc1cccc(CNC(=O)NCC2CCCC(O)C2)c1. The van der Waals surface area contributed by atoms with Gasteiger partial charge in [-0.2, -0.15) is 0 Å². The van der Waals surface area contributed by atoms with Gasteiger partial charge in [-0.25, -0.2) is 4.79 Å². The van der Waals surface area contributed by atoms with Crippen LogP contribution in [0.25, 0.3) is 0 Å². The van der Waals surface area contributed by atoms with Crippen molar-refractivity contribution >= 4 is 6.03 Å². The number of benzene rings is 1. The molecule has 0 radical (unpaired) electrons. The van der Waals surface area contributed by atoms with Crippen molar-refractivity contribution in [3.63, 3.8) is 0 Å². The highest BCUT2D eigenvalue weighted by Gasteiger charge is 2.20. The van der Waals surface area contributed by atoms with Gasteiger partial charge in [0, 0.05) is 13.1 Å². The number of urea groups is 1. The average Bonchev–Trinajstić information content (AvgIpc) is 2.43. The van der Waals surface area contributed by atoms with E-state index in [9.17, 15) is 9.90 Å². The monoisotopic (exact) mass is 276 g/mol. The summed E-state index contributed by atoms with van der Waals surface area (Å²) in [6, 6.07) is 7.97. The van der Waals surface area contributed by atoms with E-state index in [0.29, 0.717) is 19.0 Å². The number of amides is 2. The summed E-state index contributed by atoms with van der Waals surface area (Å²) in [5.74, 6) is 0.406. The summed E-state index contributed by atoms with van der Waals surface area (Å²) in [5, 5.41) is 15.4. The minimum absolute atomic E-state index is 0.133. The largest absolute Gasteiger partial charge is 0.393 e. The first-order chi connectivity index (χ1) is 9.63. The minimum Gasteiger partial charge on any atom is -0.393 e. The molecule has 110 valence electrons. The van der Waals surface area contributed by atoms with Crippen molar-refractivity contribution < 1.29 is 9.90 Å². The Bertz CT molecular complexity index is 448. The van der Waals surface area contributed by atoms with Crippen molar-refractivity contribution in [2.75, 3.05) is 6.54 Å². The maximum Gasteiger partial charge on any atom is 0.315 e. The van der Waals surface area contributed by atoms with Gasteiger partial charge in [0.05, 0.1) is 6.10 Å². The summed E-state index contributed by atoms with van der Waals surface area (Å²) in [6.45, 7) is 3.23. The highest BCUT2D eigenvalue weighted by atomic mass is 16.3. The van der Waals surface area contributed by atoms with Gasteiger partial charge in [-0.1, -0.05) is 36.2 Å². The summed E-state index contributed by atoms with van der Waals surface area (Å²) < 4.78 is 0. The summed E-state index contributed by atoms with van der Waals surface area (Å²) in [6.07, 6.45) is 3.66. The first-order valence-electron chi connectivity index (χ1n) is 7.39. The van der Waals surface area contributed by atoms with Gasteiger partial charge in [-0.3, -0.25) is 0 Å². The number of aryl methyl sites for hydroxylation is 1. The predicted octanol–water partition coefficient (Wildman–Crippen LogP) is 2.35. The van der Waals surface area contributed by atoms with Crippen molar-refractivity contribution in [2.45, 2.75) is 45.3 Å². The highest BCUT2D eigenvalue weighted by Crippen LogP contribution is 2.23. The Kier molecular flexibility index (Phi) is 5.41. The maximum atomic E-state index is 11.7. The van der Waals surface area contributed by atoms with E-state index in [1.54, 1.807) is 0 Å². The van der Waals surface area contributed by atoms with Crippen LogP contribution in [0.2, 0.25) is 0 Å². The normalized spacial score (nSPS) is 22.3. The molecule has 0 aliphatic heterocycles. The van der Waals surface area contributed by atoms with Gasteiger partial charge in [0.15, 0.2) is 0 Å². The molecular formula is C16H24N2O2. The van der Waals surface area contributed by atoms with E-state index in [-0.39, 0.29) is 12.1 Å². The van der Waals surface area contributed by atoms with E-state index in [1.165, 1.54) is 5.56 Å². The Labute approximate surface area is 120 Å². The number of carbonyl (C=O) groups is 1. The molecule has 0 aromatic heterocycles. The Morgan fingerprint density at radius 3 is 2.95 bits per heavy atom. The second-order valence-electron chi connectivity index (χ2n) is 5.74. The van der Waals surface area contributed by atoms with E-state index in [2.05, 4.69) is 16.7 Å². The zero-order chi connectivity index (χ0) is 14.4. The van der Waals surface area contributed by atoms with Gasteiger partial charge in [-0.15, -0.1) is 0 Å². The Hall–Kier alpha value is -1.55. The molecule has 1 aliphatic rings. The molecule has 4 nitrogen and oxygen atoms in total. The molecule has 1 aliphatic carbocycles. The van der Waals surface area contributed by atoms with Gasteiger partial charge in [0.25, 0.3) is 0 Å². The third kappa shape index (κ3) is 4.85. The van der Waals surface area contributed by atoms with Crippen LogP contribution in [0.1, 0.15) is 36.8 Å². The lowest BCUT2D eigenvalue weighted by Gasteiger charge is -2.25. The Morgan fingerprint density at radius 1 is 1.35 bits per heavy atom. The van der Waals surface area contributed by atoms with Gasteiger partial charge >= 0.3 is 6.03 Å². The molecule has 2 rings (SSSR count). The molecule has 2 amide bonds. The molecule has 0 bridgehead atoms. The van der Waals surface area contributed by atoms with E-state index in [4.69, 9.17) is 0 Å². The number of carbonyl (C=O) groups excluding carboxylic acids is 1. The smallest absolute Gasteiger partial charge is 0.315 e. The Morgan fingerprint density at radius 2 is 2.20 bits per heavy atom. The molecule has 2 unspecified atom stereocenters. The van der Waals surface area contributed by atoms with Crippen LogP contribution in [0.15, 0.2) is 24.3 Å². The van der Waals surface area contributed by atoms with E-state index in [0.717, 1.165) is 31.2 Å². The summed E-state index contributed by atoms with van der Waals surface area (Å²) >= 11 is 0. The van der Waals surface area contributed by atoms with Crippen LogP contribution in [0.3, 0.4) is 0 Å². The fourth-order valence-corrected chi connectivity index (χ4v) is 2.75. The zero-order valence-electron chi connectivity index (χ0n) is 12.1. The molecule has 1 aromatic carbocycles. The average molecular weight is 276 g/mol. The number of aliphatic hydroxyl groups is 1. The van der Waals surface area contributed by atoms with Crippen LogP contribution >= 0.6 is 0 Å². The number of hydrogen-bond donors (Lipinski definition) is 3. The lowest BCUT2D eigenvalue weighted by molar-refractivity contribution is 0.101. The van der Waals surface area contributed by atoms with Crippen LogP contribution in [-0.2, 0) is 6.54 Å². The van der Waals surface area contributed by atoms with Crippen molar-refractivity contribution in [2.24, 2.45) is 5.92 Å². The summed E-state index contributed by atoms with van der Waals surface area (Å²) in [4.78, 5) is 11.7. The van der Waals surface area contributed by atoms with Crippen LogP contribution in [0.4, 0.5) is 4.79 Å². The van der Waals surface area contributed by atoms with Crippen molar-refractivity contribution in [1.82, 2.24) is 10.6 Å². The molecular weight excluding hydrogens is 252 g/mol.